The molecule has 0 spiro atoms. The van der Waals surface area contributed by atoms with Crippen LogP contribution >= 0.6 is 11.6 Å². The molecule has 5 nitrogen and oxygen atoms in total. The van der Waals surface area contributed by atoms with Crippen LogP contribution in [-0.4, -0.2) is 32.2 Å². The number of halogens is 1. The number of carbonyl (C=O) groups is 1. The zero-order valence-corrected chi connectivity index (χ0v) is 13.2. The van der Waals surface area contributed by atoms with Crippen molar-refractivity contribution in [3.8, 4) is 11.5 Å². The first-order valence-electron chi connectivity index (χ1n) is 6.33. The first kappa shape index (κ1) is 16.6. The van der Waals surface area contributed by atoms with Gasteiger partial charge in [0.05, 0.1) is 30.5 Å². The summed E-state index contributed by atoms with van der Waals surface area (Å²) >= 11 is 6.03. The number of carbonyl (C=O) groups excluding carboxylic acids is 1. The number of hydrogen-bond acceptors (Lipinski definition) is 4. The van der Waals surface area contributed by atoms with Gasteiger partial charge >= 0.3 is 0 Å². The number of hydrogen-bond donors (Lipinski definition) is 2. The molecule has 0 atom stereocenters. The van der Waals surface area contributed by atoms with Gasteiger partial charge in [0.2, 0.25) is 5.91 Å². The molecule has 6 heteroatoms. The zero-order valence-electron chi connectivity index (χ0n) is 12.5. The van der Waals surface area contributed by atoms with Crippen LogP contribution < -0.4 is 20.1 Å². The SMILES string of the molecule is CCNC(C)(C)C(=O)Nc1cc(OC)c(Cl)cc1OC. The minimum atomic E-state index is -0.688. The van der Waals surface area contributed by atoms with E-state index in [1.165, 1.54) is 14.2 Å². The van der Waals surface area contributed by atoms with Gasteiger partial charge in [0.15, 0.2) is 0 Å². The molecule has 1 amide bonds. The van der Waals surface area contributed by atoms with Crippen molar-refractivity contribution in [1.29, 1.82) is 0 Å². The van der Waals surface area contributed by atoms with Gasteiger partial charge in [0, 0.05) is 12.1 Å². The maximum absolute atomic E-state index is 12.3. The van der Waals surface area contributed by atoms with Crippen molar-refractivity contribution >= 4 is 23.2 Å². The van der Waals surface area contributed by atoms with Crippen LogP contribution in [0.4, 0.5) is 5.69 Å². The fourth-order valence-corrected chi connectivity index (χ4v) is 1.99. The van der Waals surface area contributed by atoms with Crippen LogP contribution in [0.1, 0.15) is 20.8 Å². The molecule has 20 heavy (non-hydrogen) atoms. The van der Waals surface area contributed by atoms with Gasteiger partial charge in [-0.2, -0.15) is 0 Å². The van der Waals surface area contributed by atoms with Crippen molar-refractivity contribution in [2.45, 2.75) is 26.3 Å². The van der Waals surface area contributed by atoms with Crippen molar-refractivity contribution in [3.05, 3.63) is 17.2 Å². The normalized spacial score (nSPS) is 11.1. The standard InChI is InChI=1S/C14H21ClN2O3/c1-6-16-14(2,3)13(18)17-10-8-11(19-4)9(15)7-12(10)20-5/h7-8,16H,6H2,1-5H3,(H,17,18). The fourth-order valence-electron chi connectivity index (χ4n) is 1.76. The molecule has 0 heterocycles. The molecular weight excluding hydrogens is 280 g/mol. The summed E-state index contributed by atoms with van der Waals surface area (Å²) in [6, 6.07) is 3.25. The Kier molecular flexibility index (Phi) is 5.65. The highest BCUT2D eigenvalue weighted by atomic mass is 35.5. The summed E-state index contributed by atoms with van der Waals surface area (Å²) in [7, 11) is 3.03. The van der Waals surface area contributed by atoms with Crippen molar-refractivity contribution in [3.63, 3.8) is 0 Å². The number of methoxy groups -OCH3 is 2. The molecule has 0 radical (unpaired) electrons. The molecule has 0 saturated heterocycles. The Balaban J connectivity index is 3.05. The third-order valence-corrected chi connectivity index (χ3v) is 3.20. The number of nitrogens with one attached hydrogen (secondary N) is 2. The molecule has 0 unspecified atom stereocenters. The smallest absolute Gasteiger partial charge is 0.244 e. The third-order valence-electron chi connectivity index (χ3n) is 2.91. The maximum atomic E-state index is 12.3. The van der Waals surface area contributed by atoms with Crippen LogP contribution in [0.2, 0.25) is 5.02 Å². The topological polar surface area (TPSA) is 59.6 Å². The number of benzene rings is 1. The predicted octanol–water partition coefficient (Wildman–Crippen LogP) is 2.68. The Labute approximate surface area is 124 Å². The summed E-state index contributed by atoms with van der Waals surface area (Å²) < 4.78 is 10.4. The lowest BCUT2D eigenvalue weighted by molar-refractivity contribution is -0.121. The van der Waals surface area contributed by atoms with Gasteiger partial charge in [-0.05, 0) is 20.4 Å². The predicted molar refractivity (Wildman–Crippen MR) is 80.9 cm³/mol. The largest absolute Gasteiger partial charge is 0.495 e. The Morgan fingerprint density at radius 3 is 2.35 bits per heavy atom. The van der Waals surface area contributed by atoms with Gasteiger partial charge in [-0.1, -0.05) is 18.5 Å². The summed E-state index contributed by atoms with van der Waals surface area (Å²) in [5.41, 5.74) is -0.170. The molecule has 1 aromatic rings. The lowest BCUT2D eigenvalue weighted by atomic mass is 10.0. The van der Waals surface area contributed by atoms with Crippen molar-refractivity contribution in [2.75, 3.05) is 26.1 Å². The Bertz CT molecular complexity index is 490. The first-order valence-corrected chi connectivity index (χ1v) is 6.71. The number of rotatable bonds is 6. The molecular formula is C14H21ClN2O3. The van der Waals surface area contributed by atoms with E-state index in [9.17, 15) is 4.79 Å². The Hall–Kier alpha value is -1.46. The van der Waals surface area contributed by atoms with E-state index in [-0.39, 0.29) is 5.91 Å². The van der Waals surface area contributed by atoms with Gasteiger partial charge in [-0.25, -0.2) is 0 Å². The van der Waals surface area contributed by atoms with Gasteiger partial charge in [0.1, 0.15) is 11.5 Å². The molecule has 0 aliphatic heterocycles. The third kappa shape index (κ3) is 3.77. The molecule has 0 aromatic heterocycles. The van der Waals surface area contributed by atoms with E-state index in [1.54, 1.807) is 12.1 Å². The second-order valence-electron chi connectivity index (χ2n) is 4.80. The molecule has 112 valence electrons. The minimum absolute atomic E-state index is 0.165. The van der Waals surface area contributed by atoms with E-state index in [1.807, 2.05) is 20.8 Å². The first-order chi connectivity index (χ1) is 9.35. The van der Waals surface area contributed by atoms with E-state index < -0.39 is 5.54 Å². The summed E-state index contributed by atoms with van der Waals surface area (Å²) in [6.07, 6.45) is 0. The summed E-state index contributed by atoms with van der Waals surface area (Å²) in [6.45, 7) is 6.26. The molecule has 1 rings (SSSR count). The second-order valence-corrected chi connectivity index (χ2v) is 5.20. The highest BCUT2D eigenvalue weighted by Gasteiger charge is 2.27. The molecule has 1 aromatic carbocycles. The maximum Gasteiger partial charge on any atom is 0.244 e. The van der Waals surface area contributed by atoms with E-state index in [0.29, 0.717) is 28.8 Å². The molecule has 0 aliphatic rings. The van der Waals surface area contributed by atoms with Crippen LogP contribution in [0, 0.1) is 0 Å². The van der Waals surface area contributed by atoms with Gasteiger partial charge in [-0.3, -0.25) is 4.79 Å². The lowest BCUT2D eigenvalue weighted by Gasteiger charge is -2.25. The highest BCUT2D eigenvalue weighted by Crippen LogP contribution is 2.36. The monoisotopic (exact) mass is 300 g/mol. The van der Waals surface area contributed by atoms with Crippen LogP contribution in [0.25, 0.3) is 0 Å². The molecule has 0 aliphatic carbocycles. The highest BCUT2D eigenvalue weighted by molar-refractivity contribution is 6.32. The number of likely N-dealkylation sites (N-methyl/N-ethyl adjacent to an activating group) is 1. The van der Waals surface area contributed by atoms with Crippen molar-refractivity contribution < 1.29 is 14.3 Å². The van der Waals surface area contributed by atoms with Crippen LogP contribution in [-0.2, 0) is 4.79 Å². The van der Waals surface area contributed by atoms with E-state index in [2.05, 4.69) is 10.6 Å². The molecule has 0 saturated carbocycles. The summed E-state index contributed by atoms with van der Waals surface area (Å²) in [5, 5.41) is 6.36. The zero-order chi connectivity index (χ0) is 15.3. The average Bonchev–Trinajstić information content (AvgIpc) is 2.39. The minimum Gasteiger partial charge on any atom is -0.495 e. The van der Waals surface area contributed by atoms with E-state index in [0.717, 1.165) is 0 Å². The van der Waals surface area contributed by atoms with Gasteiger partial charge in [0.25, 0.3) is 0 Å². The fraction of sp³-hybridized carbons (Fsp3) is 0.500. The Morgan fingerprint density at radius 1 is 1.25 bits per heavy atom. The molecule has 2 N–H and O–H groups in total. The van der Waals surface area contributed by atoms with Gasteiger partial charge in [-0.15, -0.1) is 0 Å². The van der Waals surface area contributed by atoms with Crippen LogP contribution in [0.15, 0.2) is 12.1 Å². The number of ether oxygens (including phenoxy) is 2. The Morgan fingerprint density at radius 2 is 1.85 bits per heavy atom. The van der Waals surface area contributed by atoms with E-state index in [4.69, 9.17) is 21.1 Å². The second kappa shape index (κ2) is 6.81. The quantitative estimate of drug-likeness (QED) is 0.848. The van der Waals surface area contributed by atoms with E-state index >= 15 is 0 Å². The number of anilines is 1. The summed E-state index contributed by atoms with van der Waals surface area (Å²) in [4.78, 5) is 12.3. The molecule has 0 fully saturated rings. The van der Waals surface area contributed by atoms with Crippen LogP contribution in [0.5, 0.6) is 11.5 Å². The summed E-state index contributed by atoms with van der Waals surface area (Å²) in [5.74, 6) is 0.794. The average molecular weight is 301 g/mol. The van der Waals surface area contributed by atoms with Crippen molar-refractivity contribution in [2.24, 2.45) is 0 Å². The van der Waals surface area contributed by atoms with Gasteiger partial charge < -0.3 is 20.1 Å². The number of amides is 1. The lowest BCUT2D eigenvalue weighted by Crippen LogP contribution is -2.49. The van der Waals surface area contributed by atoms with Crippen molar-refractivity contribution in [1.82, 2.24) is 5.32 Å². The van der Waals surface area contributed by atoms with Crippen LogP contribution in [0.3, 0.4) is 0 Å². The molecule has 0 bridgehead atoms.